The summed E-state index contributed by atoms with van der Waals surface area (Å²) in [5, 5.41) is 6.72. The van der Waals surface area contributed by atoms with Crippen LogP contribution >= 0.6 is 0 Å². The van der Waals surface area contributed by atoms with Gasteiger partial charge in [-0.05, 0) is 39.1 Å². The Labute approximate surface area is 123 Å². The van der Waals surface area contributed by atoms with Gasteiger partial charge in [0.2, 0.25) is 0 Å². The lowest BCUT2D eigenvalue weighted by Crippen LogP contribution is -2.34. The molecule has 0 radical (unpaired) electrons. The average Bonchev–Trinajstić information content (AvgIpc) is 2.98. The predicted molar refractivity (Wildman–Crippen MR) is 75.9 cm³/mol. The number of carbonyl (C=O) groups excluding carboxylic acids is 1. The molecule has 112 valence electrons. The molecule has 0 saturated heterocycles. The molecule has 21 heavy (non-hydrogen) atoms. The molecule has 1 aliphatic carbocycles. The maximum Gasteiger partial charge on any atom is 0.273 e. The van der Waals surface area contributed by atoms with Crippen LogP contribution in [0.3, 0.4) is 0 Å². The molecule has 0 aromatic carbocycles. The van der Waals surface area contributed by atoms with Gasteiger partial charge in [-0.2, -0.15) is 0 Å². The van der Waals surface area contributed by atoms with E-state index in [9.17, 15) is 4.79 Å². The van der Waals surface area contributed by atoms with Crippen molar-refractivity contribution < 1.29 is 13.7 Å². The van der Waals surface area contributed by atoms with Crippen LogP contribution in [-0.4, -0.2) is 36.6 Å². The Morgan fingerprint density at radius 1 is 1.52 bits per heavy atom. The normalized spacial score (nSPS) is 16.1. The lowest BCUT2D eigenvalue weighted by atomic mass is 10.2. The fourth-order valence-electron chi connectivity index (χ4n) is 2.26. The van der Waals surface area contributed by atoms with Crippen LogP contribution in [-0.2, 0) is 0 Å². The number of aromatic nitrogens is 1. The van der Waals surface area contributed by atoms with Crippen molar-refractivity contribution >= 4 is 5.91 Å². The zero-order valence-corrected chi connectivity index (χ0v) is 12.2. The predicted octanol–water partition coefficient (Wildman–Crippen LogP) is 2.18. The van der Waals surface area contributed by atoms with E-state index in [1.807, 2.05) is 31.1 Å². The number of hydrogen-bond acceptors (Lipinski definition) is 5. The highest BCUT2D eigenvalue weighted by molar-refractivity contribution is 5.92. The quantitative estimate of drug-likeness (QED) is 0.882. The van der Waals surface area contributed by atoms with Gasteiger partial charge in [-0.15, -0.1) is 0 Å². The van der Waals surface area contributed by atoms with E-state index >= 15 is 0 Å². The zero-order chi connectivity index (χ0) is 14.8. The molecule has 6 heteroatoms. The van der Waals surface area contributed by atoms with Crippen LogP contribution in [0.1, 0.15) is 46.8 Å². The van der Waals surface area contributed by atoms with Crippen molar-refractivity contribution in [3.63, 3.8) is 0 Å². The number of rotatable bonds is 6. The molecule has 1 atom stereocenters. The molecule has 1 unspecified atom stereocenters. The number of likely N-dealkylation sites (N-methyl/N-ethyl adjacent to an activating group) is 1. The van der Waals surface area contributed by atoms with Gasteiger partial charge in [0.1, 0.15) is 11.5 Å². The van der Waals surface area contributed by atoms with Gasteiger partial charge in [0.25, 0.3) is 5.91 Å². The molecule has 1 fully saturated rings. The van der Waals surface area contributed by atoms with Crippen LogP contribution < -0.4 is 5.32 Å². The molecular formula is C15H19N3O3. The third kappa shape index (κ3) is 3.16. The molecule has 0 spiro atoms. The van der Waals surface area contributed by atoms with Crippen molar-refractivity contribution in [2.24, 2.45) is 0 Å². The Hall–Kier alpha value is -2.08. The molecule has 1 N–H and O–H groups in total. The van der Waals surface area contributed by atoms with Gasteiger partial charge < -0.3 is 14.3 Å². The summed E-state index contributed by atoms with van der Waals surface area (Å²) in [4.78, 5) is 14.1. The van der Waals surface area contributed by atoms with Gasteiger partial charge >= 0.3 is 0 Å². The first-order valence-electron chi connectivity index (χ1n) is 7.10. The van der Waals surface area contributed by atoms with Gasteiger partial charge in [0.05, 0.1) is 12.3 Å². The summed E-state index contributed by atoms with van der Waals surface area (Å²) in [5.41, 5.74) is 0.342. The molecule has 1 aliphatic rings. The summed E-state index contributed by atoms with van der Waals surface area (Å²) < 4.78 is 10.6. The summed E-state index contributed by atoms with van der Waals surface area (Å²) in [6, 6.07) is 5.47. The van der Waals surface area contributed by atoms with E-state index < -0.39 is 0 Å². The summed E-state index contributed by atoms with van der Waals surface area (Å²) in [7, 11) is 3.89. The molecule has 2 heterocycles. The second kappa shape index (κ2) is 5.73. The smallest absolute Gasteiger partial charge is 0.273 e. The second-order valence-corrected chi connectivity index (χ2v) is 5.59. The first-order chi connectivity index (χ1) is 10.1. The van der Waals surface area contributed by atoms with Crippen molar-refractivity contribution in [1.29, 1.82) is 0 Å². The molecule has 0 aliphatic heterocycles. The number of carbonyl (C=O) groups is 1. The maximum absolute atomic E-state index is 12.1. The molecule has 1 amide bonds. The SMILES string of the molecule is CN(C)C(CNC(=O)c1cc(C2CC2)on1)c1ccco1. The zero-order valence-electron chi connectivity index (χ0n) is 12.2. The van der Waals surface area contributed by atoms with Crippen LogP contribution in [0.2, 0.25) is 0 Å². The van der Waals surface area contributed by atoms with E-state index in [4.69, 9.17) is 8.94 Å². The third-order valence-electron chi connectivity index (χ3n) is 3.69. The lowest BCUT2D eigenvalue weighted by molar-refractivity contribution is 0.0930. The monoisotopic (exact) mass is 289 g/mol. The minimum Gasteiger partial charge on any atom is -0.468 e. The Morgan fingerprint density at radius 2 is 2.33 bits per heavy atom. The Morgan fingerprint density at radius 3 is 2.95 bits per heavy atom. The molecule has 2 aromatic heterocycles. The standard InChI is InChI=1S/C15H19N3O3/c1-18(2)12(13-4-3-7-20-13)9-16-15(19)11-8-14(21-17-11)10-5-6-10/h3-4,7-8,10,12H,5-6,9H2,1-2H3,(H,16,19). The Bertz CT molecular complexity index is 599. The van der Waals surface area contributed by atoms with Gasteiger partial charge in [0, 0.05) is 18.5 Å². The third-order valence-corrected chi connectivity index (χ3v) is 3.69. The molecule has 6 nitrogen and oxygen atoms in total. The first kappa shape index (κ1) is 13.9. The maximum atomic E-state index is 12.1. The van der Waals surface area contributed by atoms with Crippen molar-refractivity contribution in [2.45, 2.75) is 24.8 Å². The minimum atomic E-state index is -0.218. The molecule has 0 bridgehead atoms. The van der Waals surface area contributed by atoms with E-state index in [0.717, 1.165) is 24.4 Å². The van der Waals surface area contributed by atoms with E-state index in [2.05, 4.69) is 10.5 Å². The van der Waals surface area contributed by atoms with Gasteiger partial charge in [-0.3, -0.25) is 9.69 Å². The average molecular weight is 289 g/mol. The fourth-order valence-corrected chi connectivity index (χ4v) is 2.26. The fraction of sp³-hybridized carbons (Fsp3) is 0.467. The lowest BCUT2D eigenvalue weighted by Gasteiger charge is -2.22. The van der Waals surface area contributed by atoms with E-state index in [-0.39, 0.29) is 11.9 Å². The Balaban J connectivity index is 1.60. The van der Waals surface area contributed by atoms with Crippen molar-refractivity contribution in [2.75, 3.05) is 20.6 Å². The molecular weight excluding hydrogens is 270 g/mol. The largest absolute Gasteiger partial charge is 0.468 e. The molecule has 3 rings (SSSR count). The summed E-state index contributed by atoms with van der Waals surface area (Å²) in [5.74, 6) is 1.87. The summed E-state index contributed by atoms with van der Waals surface area (Å²) in [6.07, 6.45) is 3.88. The van der Waals surface area contributed by atoms with E-state index in [1.165, 1.54) is 0 Å². The van der Waals surface area contributed by atoms with Crippen molar-refractivity contribution in [1.82, 2.24) is 15.4 Å². The Kier molecular flexibility index (Phi) is 3.79. The van der Waals surface area contributed by atoms with E-state index in [0.29, 0.717) is 18.2 Å². The summed E-state index contributed by atoms with van der Waals surface area (Å²) >= 11 is 0. The van der Waals surface area contributed by atoms with Gasteiger partial charge in [0.15, 0.2) is 5.69 Å². The molecule has 1 saturated carbocycles. The van der Waals surface area contributed by atoms with Crippen LogP contribution in [0.5, 0.6) is 0 Å². The highest BCUT2D eigenvalue weighted by Gasteiger charge is 2.29. The molecule has 2 aromatic rings. The van der Waals surface area contributed by atoms with E-state index in [1.54, 1.807) is 12.3 Å². The van der Waals surface area contributed by atoms with Crippen LogP contribution in [0.4, 0.5) is 0 Å². The highest BCUT2D eigenvalue weighted by Crippen LogP contribution is 2.40. The number of hydrogen-bond donors (Lipinski definition) is 1. The highest BCUT2D eigenvalue weighted by atomic mass is 16.5. The summed E-state index contributed by atoms with van der Waals surface area (Å²) in [6.45, 7) is 0.449. The number of nitrogens with zero attached hydrogens (tertiary/aromatic N) is 2. The number of nitrogens with one attached hydrogen (secondary N) is 1. The van der Waals surface area contributed by atoms with Crippen LogP contribution in [0.15, 0.2) is 33.4 Å². The van der Waals surface area contributed by atoms with Crippen molar-refractivity contribution in [3.05, 3.63) is 41.7 Å². The van der Waals surface area contributed by atoms with Crippen molar-refractivity contribution in [3.8, 4) is 0 Å². The second-order valence-electron chi connectivity index (χ2n) is 5.59. The van der Waals surface area contributed by atoms with Gasteiger partial charge in [-0.1, -0.05) is 5.16 Å². The minimum absolute atomic E-state index is 0.0150. The van der Waals surface area contributed by atoms with Gasteiger partial charge in [-0.25, -0.2) is 0 Å². The first-order valence-corrected chi connectivity index (χ1v) is 7.10. The topological polar surface area (TPSA) is 71.5 Å². The van der Waals surface area contributed by atoms with Crippen LogP contribution in [0.25, 0.3) is 0 Å². The number of furan rings is 1. The number of amides is 1. The van der Waals surface area contributed by atoms with Crippen LogP contribution in [0, 0.1) is 0 Å².